The Morgan fingerprint density at radius 3 is 2.62 bits per heavy atom. The lowest BCUT2D eigenvalue weighted by atomic mass is 10.1. The number of carbonyl (C=O) groups excluding carboxylic acids is 2. The number of β-lactam (4-membered cyclic amide) rings is 1. The summed E-state index contributed by atoms with van der Waals surface area (Å²) in [6.07, 6.45) is 0.283. The Hall–Kier alpha value is -1.49. The predicted molar refractivity (Wildman–Crippen MR) is 63.0 cm³/mol. The second-order valence-electron chi connectivity index (χ2n) is 3.66. The van der Waals surface area contributed by atoms with Crippen LogP contribution in [-0.4, -0.2) is 23.2 Å². The number of nitrogens with one attached hydrogen (secondary N) is 2. The Labute approximate surface area is 98.8 Å². The van der Waals surface area contributed by atoms with E-state index in [0.717, 1.165) is 5.56 Å². The first-order valence-electron chi connectivity index (χ1n) is 4.98. The van der Waals surface area contributed by atoms with E-state index in [1.807, 2.05) is 30.3 Å². The van der Waals surface area contributed by atoms with Gasteiger partial charge in [0.15, 0.2) is 0 Å². The fraction of sp³-hybridized carbons (Fsp3) is 0.273. The van der Waals surface area contributed by atoms with Crippen LogP contribution in [0.2, 0.25) is 0 Å². The van der Waals surface area contributed by atoms with Crippen LogP contribution in [0.3, 0.4) is 0 Å². The highest BCUT2D eigenvalue weighted by atomic mass is 32.1. The van der Waals surface area contributed by atoms with Gasteiger partial charge in [-0.3, -0.25) is 9.59 Å². The van der Waals surface area contributed by atoms with Crippen molar-refractivity contribution in [3.8, 4) is 0 Å². The van der Waals surface area contributed by atoms with Crippen LogP contribution in [0.4, 0.5) is 0 Å². The molecule has 1 unspecified atom stereocenters. The van der Waals surface area contributed by atoms with E-state index < -0.39 is 6.04 Å². The molecule has 4 nitrogen and oxygen atoms in total. The minimum Gasteiger partial charge on any atom is -0.341 e. The highest BCUT2D eigenvalue weighted by Gasteiger charge is 2.37. The summed E-state index contributed by atoms with van der Waals surface area (Å²) in [5, 5.41) is 4.90. The standard InChI is InChI=1S/C11H12N2O2S/c14-8(6-7-4-2-1-3-5-7)12-9-10(15)13-11(9)16/h1-5,9,11,16H,6H2,(H,12,14)(H,13,15)/t9-,11?/m1/s1. The second kappa shape index (κ2) is 4.57. The molecule has 2 rings (SSSR count). The van der Waals surface area contributed by atoms with Gasteiger partial charge in [0.25, 0.3) is 0 Å². The summed E-state index contributed by atoms with van der Waals surface area (Å²) in [6.45, 7) is 0. The van der Waals surface area contributed by atoms with Crippen LogP contribution in [0.15, 0.2) is 30.3 Å². The van der Waals surface area contributed by atoms with Gasteiger partial charge in [-0.25, -0.2) is 0 Å². The van der Waals surface area contributed by atoms with Crippen molar-refractivity contribution in [1.82, 2.24) is 10.6 Å². The topological polar surface area (TPSA) is 58.2 Å². The van der Waals surface area contributed by atoms with Crippen molar-refractivity contribution in [3.63, 3.8) is 0 Å². The lowest BCUT2D eigenvalue weighted by molar-refractivity contribution is -0.133. The molecule has 1 aliphatic rings. The maximum Gasteiger partial charge on any atom is 0.246 e. The third-order valence-electron chi connectivity index (χ3n) is 2.41. The van der Waals surface area contributed by atoms with Crippen LogP contribution >= 0.6 is 12.6 Å². The molecular formula is C11H12N2O2S. The minimum absolute atomic E-state index is 0.162. The highest BCUT2D eigenvalue weighted by molar-refractivity contribution is 7.81. The molecule has 0 radical (unpaired) electrons. The molecule has 0 bridgehead atoms. The van der Waals surface area contributed by atoms with Crippen molar-refractivity contribution in [3.05, 3.63) is 35.9 Å². The molecule has 0 spiro atoms. The fourth-order valence-electron chi connectivity index (χ4n) is 1.52. The Balaban J connectivity index is 1.87. The van der Waals surface area contributed by atoms with Crippen LogP contribution < -0.4 is 10.6 Å². The van der Waals surface area contributed by atoms with Crippen LogP contribution in [0.25, 0.3) is 0 Å². The Kier molecular flexibility index (Phi) is 3.14. The maximum absolute atomic E-state index is 11.6. The molecule has 1 aromatic rings. The summed E-state index contributed by atoms with van der Waals surface area (Å²) in [5.74, 6) is -0.341. The van der Waals surface area contributed by atoms with E-state index in [4.69, 9.17) is 0 Å². The van der Waals surface area contributed by atoms with E-state index in [2.05, 4.69) is 23.3 Å². The van der Waals surface area contributed by atoms with Crippen molar-refractivity contribution >= 4 is 24.4 Å². The Bertz CT molecular complexity index is 408. The summed E-state index contributed by atoms with van der Waals surface area (Å²) in [4.78, 5) is 22.6. The van der Waals surface area contributed by atoms with E-state index in [9.17, 15) is 9.59 Å². The van der Waals surface area contributed by atoms with Gasteiger partial charge in [-0.1, -0.05) is 30.3 Å². The normalized spacial score (nSPS) is 23.2. The summed E-state index contributed by atoms with van der Waals surface area (Å²) in [7, 11) is 0. The first kappa shape index (κ1) is 11.0. The molecule has 1 fully saturated rings. The quantitative estimate of drug-likeness (QED) is 0.515. The van der Waals surface area contributed by atoms with Crippen LogP contribution in [0.1, 0.15) is 5.56 Å². The van der Waals surface area contributed by atoms with E-state index in [0.29, 0.717) is 0 Å². The zero-order chi connectivity index (χ0) is 11.5. The van der Waals surface area contributed by atoms with E-state index in [-0.39, 0.29) is 23.6 Å². The summed E-state index contributed by atoms with van der Waals surface area (Å²) >= 11 is 4.09. The largest absolute Gasteiger partial charge is 0.341 e. The Morgan fingerprint density at radius 2 is 2.06 bits per heavy atom. The zero-order valence-electron chi connectivity index (χ0n) is 8.51. The molecule has 2 atom stereocenters. The molecule has 0 aliphatic carbocycles. The number of rotatable bonds is 3. The molecule has 1 saturated heterocycles. The molecule has 1 aliphatic heterocycles. The molecular weight excluding hydrogens is 224 g/mol. The highest BCUT2D eigenvalue weighted by Crippen LogP contribution is 2.10. The van der Waals surface area contributed by atoms with Crippen molar-refractivity contribution in [1.29, 1.82) is 0 Å². The minimum atomic E-state index is -0.500. The summed E-state index contributed by atoms with van der Waals surface area (Å²) < 4.78 is 0. The van der Waals surface area contributed by atoms with Gasteiger partial charge in [0.2, 0.25) is 11.8 Å². The van der Waals surface area contributed by atoms with Gasteiger partial charge in [-0.15, -0.1) is 0 Å². The number of hydrogen-bond donors (Lipinski definition) is 3. The average Bonchev–Trinajstić information content (AvgIpc) is 2.28. The average molecular weight is 236 g/mol. The van der Waals surface area contributed by atoms with Gasteiger partial charge in [-0.05, 0) is 5.56 Å². The fourth-order valence-corrected chi connectivity index (χ4v) is 1.85. The number of benzene rings is 1. The van der Waals surface area contributed by atoms with Gasteiger partial charge < -0.3 is 10.6 Å². The molecule has 5 heteroatoms. The molecule has 84 valence electrons. The molecule has 2 N–H and O–H groups in total. The zero-order valence-corrected chi connectivity index (χ0v) is 9.41. The SMILES string of the molecule is O=C(Cc1ccccc1)N[C@@H]1C(=O)NC1S. The van der Waals surface area contributed by atoms with Crippen molar-refractivity contribution in [2.75, 3.05) is 0 Å². The third kappa shape index (κ3) is 2.36. The number of carbonyl (C=O) groups is 2. The van der Waals surface area contributed by atoms with E-state index >= 15 is 0 Å². The van der Waals surface area contributed by atoms with Crippen LogP contribution in [0.5, 0.6) is 0 Å². The van der Waals surface area contributed by atoms with Gasteiger partial charge in [0.05, 0.1) is 6.42 Å². The first-order valence-corrected chi connectivity index (χ1v) is 5.50. The van der Waals surface area contributed by atoms with Crippen molar-refractivity contribution < 1.29 is 9.59 Å². The molecule has 1 aromatic carbocycles. The third-order valence-corrected chi connectivity index (χ3v) is 2.84. The number of hydrogen-bond acceptors (Lipinski definition) is 3. The van der Waals surface area contributed by atoms with Crippen molar-refractivity contribution in [2.24, 2.45) is 0 Å². The lowest BCUT2D eigenvalue weighted by Crippen LogP contribution is -2.67. The van der Waals surface area contributed by atoms with Crippen LogP contribution in [-0.2, 0) is 16.0 Å². The van der Waals surface area contributed by atoms with Crippen molar-refractivity contribution in [2.45, 2.75) is 17.8 Å². The van der Waals surface area contributed by atoms with Gasteiger partial charge >= 0.3 is 0 Å². The predicted octanol–water partition coefficient (Wildman–Crippen LogP) is 0.0996. The summed E-state index contributed by atoms with van der Waals surface area (Å²) in [5.41, 5.74) is 0.926. The van der Waals surface area contributed by atoms with Gasteiger partial charge in [0.1, 0.15) is 11.4 Å². The van der Waals surface area contributed by atoms with E-state index in [1.54, 1.807) is 0 Å². The molecule has 2 amide bonds. The van der Waals surface area contributed by atoms with Gasteiger partial charge in [-0.2, -0.15) is 12.6 Å². The number of thiol groups is 1. The number of amides is 2. The van der Waals surface area contributed by atoms with Crippen LogP contribution in [0, 0.1) is 0 Å². The smallest absolute Gasteiger partial charge is 0.246 e. The monoisotopic (exact) mass is 236 g/mol. The maximum atomic E-state index is 11.6. The molecule has 0 aromatic heterocycles. The molecule has 0 saturated carbocycles. The molecule has 16 heavy (non-hydrogen) atoms. The molecule has 1 heterocycles. The van der Waals surface area contributed by atoms with Gasteiger partial charge in [0, 0.05) is 0 Å². The lowest BCUT2D eigenvalue weighted by Gasteiger charge is -2.33. The second-order valence-corrected chi connectivity index (χ2v) is 4.22. The van der Waals surface area contributed by atoms with E-state index in [1.165, 1.54) is 0 Å². The first-order chi connectivity index (χ1) is 7.66. The summed E-state index contributed by atoms with van der Waals surface area (Å²) in [6, 6.07) is 8.89. The Morgan fingerprint density at radius 1 is 1.38 bits per heavy atom.